The first-order chi connectivity index (χ1) is 19.8. The predicted octanol–water partition coefficient (Wildman–Crippen LogP) is 4.03. The van der Waals surface area contributed by atoms with Gasteiger partial charge in [0.15, 0.2) is 0 Å². The number of amides is 1. The minimum Gasteiger partial charge on any atom is -0.356 e. The maximum absolute atomic E-state index is 13.0. The molecule has 0 atom stereocenters. The molecule has 1 amide bonds. The third-order valence-electron chi connectivity index (χ3n) is 7.89. The summed E-state index contributed by atoms with van der Waals surface area (Å²) in [5.74, 6) is 7.24. The molecule has 3 N–H and O–H groups in total. The van der Waals surface area contributed by atoms with Gasteiger partial charge in [0, 0.05) is 59.8 Å². The number of nitrogens with zero attached hydrogens (tertiary/aromatic N) is 6. The summed E-state index contributed by atoms with van der Waals surface area (Å²) in [6, 6.07) is 11.8. The fraction of sp³-hybridized carbons (Fsp3) is 0.323. The van der Waals surface area contributed by atoms with Gasteiger partial charge in [-0.15, -0.1) is 11.6 Å². The third-order valence-corrected chi connectivity index (χ3v) is 8.18. The molecule has 6 rings (SSSR count). The highest BCUT2D eigenvalue weighted by Crippen LogP contribution is 2.32. The molecule has 5 heterocycles. The minimum atomic E-state index is -0.390. The Morgan fingerprint density at radius 2 is 1.98 bits per heavy atom. The fourth-order valence-corrected chi connectivity index (χ4v) is 5.33. The van der Waals surface area contributed by atoms with Crippen molar-refractivity contribution in [1.82, 2.24) is 24.9 Å². The van der Waals surface area contributed by atoms with E-state index in [-0.39, 0.29) is 22.9 Å². The Kier molecular flexibility index (Phi) is 6.86. The van der Waals surface area contributed by atoms with Crippen molar-refractivity contribution in [3.63, 3.8) is 0 Å². The zero-order valence-electron chi connectivity index (χ0n) is 22.7. The van der Waals surface area contributed by atoms with E-state index < -0.39 is 0 Å². The Morgan fingerprint density at radius 1 is 1.17 bits per heavy atom. The van der Waals surface area contributed by atoms with Crippen molar-refractivity contribution in [1.29, 1.82) is 5.26 Å². The van der Waals surface area contributed by atoms with Crippen molar-refractivity contribution in [2.75, 3.05) is 18.0 Å². The van der Waals surface area contributed by atoms with Gasteiger partial charge < -0.3 is 16.0 Å². The van der Waals surface area contributed by atoms with Gasteiger partial charge >= 0.3 is 0 Å². The van der Waals surface area contributed by atoms with Gasteiger partial charge in [0.05, 0.1) is 22.8 Å². The van der Waals surface area contributed by atoms with Crippen LogP contribution in [0.4, 0.5) is 5.82 Å². The van der Waals surface area contributed by atoms with E-state index >= 15 is 0 Å². The Labute approximate surface area is 243 Å². The van der Waals surface area contributed by atoms with Gasteiger partial charge in [0.2, 0.25) is 0 Å². The van der Waals surface area contributed by atoms with Gasteiger partial charge in [-0.1, -0.05) is 17.9 Å². The number of pyridine rings is 3. The van der Waals surface area contributed by atoms with Crippen LogP contribution in [0, 0.1) is 23.2 Å². The Balaban J connectivity index is 1.19. The van der Waals surface area contributed by atoms with E-state index in [1.54, 1.807) is 23.0 Å². The van der Waals surface area contributed by atoms with Gasteiger partial charge in [-0.25, -0.2) is 9.50 Å². The van der Waals surface area contributed by atoms with Crippen LogP contribution < -0.4 is 16.0 Å². The van der Waals surface area contributed by atoms with Gasteiger partial charge in [0.1, 0.15) is 17.6 Å². The lowest BCUT2D eigenvalue weighted by Crippen LogP contribution is -2.53. The van der Waals surface area contributed by atoms with E-state index in [4.69, 9.17) is 22.3 Å². The normalized spacial score (nSPS) is 16.9. The number of halogens is 1. The second kappa shape index (κ2) is 10.5. The van der Waals surface area contributed by atoms with E-state index in [1.807, 2.05) is 36.7 Å². The highest BCUT2D eigenvalue weighted by molar-refractivity contribution is 6.17. The molecule has 0 unspecified atom stereocenters. The van der Waals surface area contributed by atoms with Crippen LogP contribution in [0.15, 0.2) is 55.1 Å². The van der Waals surface area contributed by atoms with Gasteiger partial charge in [-0.3, -0.25) is 9.78 Å². The second-order valence-corrected chi connectivity index (χ2v) is 11.3. The van der Waals surface area contributed by atoms with Crippen LogP contribution in [0.1, 0.15) is 59.8 Å². The standard InChI is InChI=1S/C31H29ClN8O/c1-30(38-29(41)27-22(16-32)3-2-12-35-27)10-13-39(14-11-30)26-5-4-23(18-36-26)25-15-21(6-7-31(34)8-9-31)20-40-28(25)24(17-33)19-37-40/h2-5,12,15,18-20H,8-11,13-14,16,34H2,1H3,(H,38,41). The van der Waals surface area contributed by atoms with Crippen LogP contribution >= 0.6 is 11.6 Å². The molecule has 0 aromatic carbocycles. The molecule has 1 saturated carbocycles. The Hall–Kier alpha value is -4.44. The van der Waals surface area contributed by atoms with Crippen molar-refractivity contribution in [3.8, 4) is 29.0 Å². The first-order valence-electron chi connectivity index (χ1n) is 13.6. The van der Waals surface area contributed by atoms with Crippen molar-refractivity contribution < 1.29 is 4.79 Å². The number of carbonyl (C=O) groups excluding carboxylic acids is 1. The van der Waals surface area contributed by atoms with E-state index in [2.05, 4.69) is 45.1 Å². The smallest absolute Gasteiger partial charge is 0.270 e. The maximum atomic E-state index is 13.0. The number of hydrogen-bond acceptors (Lipinski definition) is 7. The van der Waals surface area contributed by atoms with Crippen LogP contribution in [0.2, 0.25) is 0 Å². The highest BCUT2D eigenvalue weighted by Gasteiger charge is 2.36. The van der Waals surface area contributed by atoms with E-state index in [0.29, 0.717) is 11.3 Å². The van der Waals surface area contributed by atoms with E-state index in [9.17, 15) is 10.1 Å². The van der Waals surface area contributed by atoms with Crippen molar-refractivity contribution in [3.05, 3.63) is 77.5 Å². The second-order valence-electron chi connectivity index (χ2n) is 11.1. The molecule has 1 aliphatic heterocycles. The quantitative estimate of drug-likeness (QED) is 0.277. The van der Waals surface area contributed by atoms with Crippen LogP contribution in [-0.4, -0.2) is 49.7 Å². The molecule has 1 saturated heterocycles. The zero-order chi connectivity index (χ0) is 28.6. The number of anilines is 1. The molecule has 10 heteroatoms. The van der Waals surface area contributed by atoms with Gasteiger partial charge in [0.25, 0.3) is 5.91 Å². The summed E-state index contributed by atoms with van der Waals surface area (Å²) < 4.78 is 1.70. The van der Waals surface area contributed by atoms with E-state index in [0.717, 1.165) is 72.4 Å². The van der Waals surface area contributed by atoms with Gasteiger partial charge in [-0.2, -0.15) is 10.4 Å². The fourth-order valence-electron chi connectivity index (χ4n) is 5.12. The van der Waals surface area contributed by atoms with Crippen LogP contribution in [0.25, 0.3) is 16.6 Å². The van der Waals surface area contributed by atoms with E-state index in [1.165, 1.54) is 0 Å². The lowest BCUT2D eigenvalue weighted by Gasteiger charge is -2.40. The molecule has 0 spiro atoms. The maximum Gasteiger partial charge on any atom is 0.270 e. The molecule has 2 aliphatic rings. The molecule has 0 radical (unpaired) electrons. The summed E-state index contributed by atoms with van der Waals surface area (Å²) >= 11 is 6.01. The Morgan fingerprint density at radius 3 is 2.66 bits per heavy atom. The summed E-state index contributed by atoms with van der Waals surface area (Å²) in [7, 11) is 0. The first kappa shape index (κ1) is 26.8. The first-order valence-corrected chi connectivity index (χ1v) is 14.1. The average Bonchev–Trinajstić information content (AvgIpc) is 3.59. The van der Waals surface area contributed by atoms with Crippen LogP contribution in [0.5, 0.6) is 0 Å². The molecule has 0 bridgehead atoms. The number of piperidine rings is 1. The summed E-state index contributed by atoms with van der Waals surface area (Å²) in [6.07, 6.45) is 10.2. The molecular formula is C31H29ClN8O. The number of nitrogens with two attached hydrogens (primary N) is 1. The summed E-state index contributed by atoms with van der Waals surface area (Å²) in [5, 5.41) is 17.2. The molecule has 1 aliphatic carbocycles. The highest BCUT2D eigenvalue weighted by atomic mass is 35.5. The zero-order valence-corrected chi connectivity index (χ0v) is 23.4. The molecular weight excluding hydrogens is 536 g/mol. The van der Waals surface area contributed by atoms with Crippen LogP contribution in [0.3, 0.4) is 0 Å². The number of nitrogens with one attached hydrogen (secondary N) is 1. The molecule has 9 nitrogen and oxygen atoms in total. The SMILES string of the molecule is CC1(NC(=O)c2ncccc2CCl)CCN(c2ccc(-c3cc(C#CC4(N)CC4)cn4ncc(C#N)c34)cn2)CC1. The number of rotatable bonds is 5. The number of alkyl halides is 1. The van der Waals surface area contributed by atoms with Crippen molar-refractivity contribution in [2.45, 2.75) is 49.6 Å². The monoisotopic (exact) mass is 564 g/mol. The average molecular weight is 565 g/mol. The molecule has 2 fully saturated rings. The van der Waals surface area contributed by atoms with Crippen molar-refractivity contribution in [2.24, 2.45) is 5.73 Å². The summed E-state index contributed by atoms with van der Waals surface area (Å²) in [6.45, 7) is 3.55. The third kappa shape index (κ3) is 5.47. The topological polar surface area (TPSA) is 125 Å². The molecule has 41 heavy (non-hydrogen) atoms. The summed E-state index contributed by atoms with van der Waals surface area (Å²) in [5.41, 5.74) is 10.2. The Bertz CT molecular complexity index is 1730. The molecule has 4 aromatic heterocycles. The molecule has 206 valence electrons. The number of fused-ring (bicyclic) bond motifs is 1. The van der Waals surface area contributed by atoms with Crippen molar-refractivity contribution >= 4 is 28.8 Å². The van der Waals surface area contributed by atoms with Gasteiger partial charge in [-0.05, 0) is 62.4 Å². The number of carbonyl (C=O) groups is 1. The molecule has 4 aromatic rings. The van der Waals surface area contributed by atoms with Crippen LogP contribution in [-0.2, 0) is 5.88 Å². The summed E-state index contributed by atoms with van der Waals surface area (Å²) in [4.78, 5) is 24.2. The number of hydrogen-bond donors (Lipinski definition) is 2. The lowest BCUT2D eigenvalue weighted by atomic mass is 9.89. The number of aromatic nitrogens is 4. The number of nitriles is 1. The predicted molar refractivity (Wildman–Crippen MR) is 157 cm³/mol. The lowest BCUT2D eigenvalue weighted by molar-refractivity contribution is 0.0885. The largest absolute Gasteiger partial charge is 0.356 e. The minimum absolute atomic E-state index is 0.201.